The van der Waals surface area contributed by atoms with Crippen LogP contribution in [0.5, 0.6) is 0 Å². The second kappa shape index (κ2) is 4.77. The van der Waals surface area contributed by atoms with Crippen LogP contribution in [0, 0.1) is 6.92 Å². The van der Waals surface area contributed by atoms with Crippen LogP contribution >= 0.6 is 0 Å². The molecule has 2 aromatic rings. The first kappa shape index (κ1) is 12.3. The maximum Gasteiger partial charge on any atom is 0.254 e. The number of rotatable bonds is 3. The largest absolute Gasteiger partial charge is 0.394 e. The molecule has 6 heteroatoms. The minimum Gasteiger partial charge on any atom is -0.394 e. The van der Waals surface area contributed by atoms with Gasteiger partial charge in [-0.25, -0.2) is 4.98 Å². The summed E-state index contributed by atoms with van der Waals surface area (Å²) in [5, 5.41) is 17.4. The molecule has 1 aliphatic rings. The molecule has 0 unspecified atom stereocenters. The van der Waals surface area contributed by atoms with Gasteiger partial charge in [0.1, 0.15) is 12.1 Å². The molecule has 2 heterocycles. The average Bonchev–Trinajstić information content (AvgIpc) is 2.88. The van der Waals surface area contributed by atoms with Crippen molar-refractivity contribution < 1.29 is 5.11 Å². The summed E-state index contributed by atoms with van der Waals surface area (Å²) in [6, 6.07) is 1.95. The van der Waals surface area contributed by atoms with Crippen molar-refractivity contribution in [3.05, 3.63) is 18.1 Å². The number of anilines is 1. The van der Waals surface area contributed by atoms with Crippen LogP contribution in [-0.2, 0) is 0 Å². The molecule has 6 nitrogen and oxygen atoms in total. The van der Waals surface area contributed by atoms with E-state index in [2.05, 4.69) is 20.4 Å². The van der Waals surface area contributed by atoms with Crippen LogP contribution in [0.1, 0.15) is 37.8 Å². The Bertz CT molecular complexity index is 573. The summed E-state index contributed by atoms with van der Waals surface area (Å²) in [6.07, 6.45) is 7.02. The van der Waals surface area contributed by atoms with E-state index in [1.54, 1.807) is 4.52 Å². The SMILES string of the molecule is Cc1cc(NC2(CO)CCCCC2)n2ncnc2n1. The number of nitrogens with zero attached hydrogens (tertiary/aromatic N) is 4. The highest BCUT2D eigenvalue weighted by Gasteiger charge is 2.32. The molecule has 1 fully saturated rings. The summed E-state index contributed by atoms with van der Waals surface area (Å²) in [5.41, 5.74) is 0.664. The van der Waals surface area contributed by atoms with E-state index in [9.17, 15) is 5.11 Å². The van der Waals surface area contributed by atoms with E-state index in [4.69, 9.17) is 0 Å². The Labute approximate surface area is 111 Å². The van der Waals surface area contributed by atoms with E-state index in [0.29, 0.717) is 5.78 Å². The predicted molar refractivity (Wildman–Crippen MR) is 72.0 cm³/mol. The Morgan fingerprint density at radius 3 is 2.89 bits per heavy atom. The van der Waals surface area contributed by atoms with Gasteiger partial charge in [0.15, 0.2) is 0 Å². The van der Waals surface area contributed by atoms with Gasteiger partial charge >= 0.3 is 0 Å². The molecule has 2 N–H and O–H groups in total. The third kappa shape index (κ3) is 2.28. The average molecular weight is 261 g/mol. The van der Waals surface area contributed by atoms with Gasteiger partial charge in [-0.05, 0) is 19.8 Å². The van der Waals surface area contributed by atoms with Crippen molar-refractivity contribution in [2.75, 3.05) is 11.9 Å². The number of aliphatic hydroxyl groups is 1. The molecular weight excluding hydrogens is 242 g/mol. The maximum atomic E-state index is 9.77. The van der Waals surface area contributed by atoms with E-state index in [1.807, 2.05) is 13.0 Å². The number of aliphatic hydroxyl groups excluding tert-OH is 1. The molecule has 0 radical (unpaired) electrons. The lowest BCUT2D eigenvalue weighted by Gasteiger charge is -2.37. The Hall–Kier alpha value is -1.69. The number of aromatic nitrogens is 4. The van der Waals surface area contributed by atoms with Gasteiger partial charge in [-0.3, -0.25) is 0 Å². The van der Waals surface area contributed by atoms with Crippen LogP contribution in [0.3, 0.4) is 0 Å². The Morgan fingerprint density at radius 1 is 1.37 bits per heavy atom. The predicted octanol–water partition coefficient (Wildman–Crippen LogP) is 1.54. The lowest BCUT2D eigenvalue weighted by Crippen LogP contribution is -2.44. The highest BCUT2D eigenvalue weighted by Crippen LogP contribution is 2.31. The lowest BCUT2D eigenvalue weighted by molar-refractivity contribution is 0.172. The van der Waals surface area contributed by atoms with Crippen molar-refractivity contribution in [3.8, 4) is 0 Å². The summed E-state index contributed by atoms with van der Waals surface area (Å²) in [4.78, 5) is 8.44. The number of hydrogen-bond donors (Lipinski definition) is 2. The van der Waals surface area contributed by atoms with Gasteiger partial charge in [0.05, 0.1) is 12.1 Å². The highest BCUT2D eigenvalue weighted by atomic mass is 16.3. The van der Waals surface area contributed by atoms with Crippen LogP contribution < -0.4 is 5.32 Å². The lowest BCUT2D eigenvalue weighted by atomic mass is 9.82. The molecule has 1 aliphatic carbocycles. The van der Waals surface area contributed by atoms with Crippen molar-refractivity contribution in [3.63, 3.8) is 0 Å². The van der Waals surface area contributed by atoms with Crippen LogP contribution in [0.25, 0.3) is 5.78 Å². The van der Waals surface area contributed by atoms with Crippen LogP contribution in [0.2, 0.25) is 0 Å². The summed E-state index contributed by atoms with van der Waals surface area (Å²) >= 11 is 0. The molecule has 1 saturated carbocycles. The van der Waals surface area contributed by atoms with Crippen molar-refractivity contribution in [1.82, 2.24) is 19.6 Å². The topological polar surface area (TPSA) is 75.3 Å². The van der Waals surface area contributed by atoms with E-state index < -0.39 is 0 Å². The molecule has 102 valence electrons. The van der Waals surface area contributed by atoms with Crippen molar-refractivity contribution in [2.45, 2.75) is 44.6 Å². The van der Waals surface area contributed by atoms with E-state index in [0.717, 1.165) is 37.2 Å². The number of fused-ring (bicyclic) bond motifs is 1. The van der Waals surface area contributed by atoms with Gasteiger partial charge in [-0.1, -0.05) is 19.3 Å². The summed E-state index contributed by atoms with van der Waals surface area (Å²) in [5.74, 6) is 1.45. The molecule has 2 aromatic heterocycles. The Balaban J connectivity index is 1.97. The fourth-order valence-corrected chi connectivity index (χ4v) is 2.84. The molecule has 0 bridgehead atoms. The van der Waals surface area contributed by atoms with Crippen LogP contribution in [-0.4, -0.2) is 36.8 Å². The monoisotopic (exact) mass is 261 g/mol. The zero-order valence-electron chi connectivity index (χ0n) is 11.1. The van der Waals surface area contributed by atoms with Crippen molar-refractivity contribution >= 4 is 11.6 Å². The fraction of sp³-hybridized carbons (Fsp3) is 0.615. The van der Waals surface area contributed by atoms with Gasteiger partial charge in [0.25, 0.3) is 5.78 Å². The minimum absolute atomic E-state index is 0.143. The molecule has 0 aliphatic heterocycles. The van der Waals surface area contributed by atoms with Gasteiger partial charge in [0, 0.05) is 11.8 Å². The second-order valence-corrected chi connectivity index (χ2v) is 5.38. The van der Waals surface area contributed by atoms with E-state index in [1.165, 1.54) is 12.7 Å². The summed E-state index contributed by atoms with van der Waals surface area (Å²) < 4.78 is 1.69. The van der Waals surface area contributed by atoms with E-state index >= 15 is 0 Å². The maximum absolute atomic E-state index is 9.77. The third-order valence-electron chi connectivity index (χ3n) is 3.89. The number of nitrogens with one attached hydrogen (secondary N) is 1. The Morgan fingerprint density at radius 2 is 2.16 bits per heavy atom. The standard InChI is InChI=1S/C13H19N5O/c1-10-7-11(18-12(16-10)14-9-15-18)17-13(8-19)5-3-2-4-6-13/h7,9,17,19H,2-6,8H2,1H3. The van der Waals surface area contributed by atoms with Gasteiger partial charge < -0.3 is 10.4 Å². The smallest absolute Gasteiger partial charge is 0.254 e. The summed E-state index contributed by atoms with van der Waals surface area (Å²) in [7, 11) is 0. The molecule has 19 heavy (non-hydrogen) atoms. The molecular formula is C13H19N5O. The van der Waals surface area contributed by atoms with Gasteiger partial charge in [0.2, 0.25) is 0 Å². The molecule has 3 rings (SSSR count). The number of hydrogen-bond acceptors (Lipinski definition) is 5. The van der Waals surface area contributed by atoms with Crippen LogP contribution in [0.4, 0.5) is 5.82 Å². The Kier molecular flexibility index (Phi) is 3.10. The zero-order chi connectivity index (χ0) is 13.3. The second-order valence-electron chi connectivity index (χ2n) is 5.38. The van der Waals surface area contributed by atoms with Crippen molar-refractivity contribution in [2.24, 2.45) is 0 Å². The molecule has 0 aromatic carbocycles. The quantitative estimate of drug-likeness (QED) is 0.876. The minimum atomic E-state index is -0.231. The van der Waals surface area contributed by atoms with Gasteiger partial charge in [-0.15, -0.1) is 0 Å². The van der Waals surface area contributed by atoms with Crippen LogP contribution in [0.15, 0.2) is 12.4 Å². The third-order valence-corrected chi connectivity index (χ3v) is 3.89. The number of aryl methyl sites for hydroxylation is 1. The van der Waals surface area contributed by atoms with Gasteiger partial charge in [-0.2, -0.15) is 14.6 Å². The van der Waals surface area contributed by atoms with Crippen molar-refractivity contribution in [1.29, 1.82) is 0 Å². The summed E-state index contributed by atoms with van der Waals surface area (Å²) in [6.45, 7) is 2.08. The first-order valence-electron chi connectivity index (χ1n) is 6.79. The molecule has 0 atom stereocenters. The van der Waals surface area contributed by atoms with E-state index in [-0.39, 0.29) is 12.1 Å². The fourth-order valence-electron chi connectivity index (χ4n) is 2.84. The zero-order valence-corrected chi connectivity index (χ0v) is 11.1. The first-order valence-corrected chi connectivity index (χ1v) is 6.79. The molecule has 0 amide bonds. The molecule has 0 saturated heterocycles. The first-order chi connectivity index (χ1) is 9.22. The highest BCUT2D eigenvalue weighted by molar-refractivity contribution is 5.46. The normalized spacial score (nSPS) is 18.6. The molecule has 0 spiro atoms.